The second-order valence-electron chi connectivity index (χ2n) is 2.08. The zero-order chi connectivity index (χ0) is 6.97. The Morgan fingerprint density at radius 2 is 2.30 bits per heavy atom. The van der Waals surface area contributed by atoms with Gasteiger partial charge in [0.1, 0.15) is 6.33 Å². The molecule has 0 aliphatic carbocycles. The van der Waals surface area contributed by atoms with Crippen LogP contribution in [-0.2, 0) is 0 Å². The number of aryl methyl sites for hydroxylation is 1. The van der Waals surface area contributed by atoms with Crippen molar-refractivity contribution < 1.29 is 0 Å². The van der Waals surface area contributed by atoms with Crippen LogP contribution in [0.3, 0.4) is 0 Å². The van der Waals surface area contributed by atoms with Crippen molar-refractivity contribution in [2.75, 3.05) is 0 Å². The van der Waals surface area contributed by atoms with Crippen molar-refractivity contribution in [2.45, 2.75) is 6.92 Å². The fourth-order valence-electron chi connectivity index (χ4n) is 0.869. The van der Waals surface area contributed by atoms with Crippen molar-refractivity contribution in [3.05, 3.63) is 24.4 Å². The maximum atomic E-state index is 4.06. The van der Waals surface area contributed by atoms with Gasteiger partial charge in [-0.2, -0.15) is 5.10 Å². The lowest BCUT2D eigenvalue weighted by Gasteiger charge is -1.89. The molecule has 0 spiro atoms. The third-order valence-electron chi connectivity index (χ3n) is 1.36. The summed E-state index contributed by atoms with van der Waals surface area (Å²) in [6, 6.07) is 0. The van der Waals surface area contributed by atoms with Crippen LogP contribution < -0.4 is 0 Å². The smallest absolute Gasteiger partial charge is 0.172 e. The molecule has 0 saturated heterocycles. The van der Waals surface area contributed by atoms with Gasteiger partial charge in [0.05, 0.1) is 18.1 Å². The number of hydrogen-bond acceptors (Lipinski definition) is 3. The van der Waals surface area contributed by atoms with E-state index in [0.29, 0.717) is 0 Å². The third-order valence-corrected chi connectivity index (χ3v) is 1.36. The highest BCUT2D eigenvalue weighted by Gasteiger charge is 1.95. The zero-order valence-corrected chi connectivity index (χ0v) is 5.52. The minimum Gasteiger partial charge on any atom is -0.239 e. The second-order valence-corrected chi connectivity index (χ2v) is 2.08. The molecule has 2 aromatic heterocycles. The Balaban J connectivity index is 2.93. The normalized spacial score (nSPS) is 10.5. The molecule has 0 bridgehead atoms. The SMILES string of the molecule is Cc1cnc2cncnn12. The van der Waals surface area contributed by atoms with E-state index >= 15 is 0 Å². The first-order valence-corrected chi connectivity index (χ1v) is 2.98. The van der Waals surface area contributed by atoms with Crippen molar-refractivity contribution in [1.82, 2.24) is 19.6 Å². The van der Waals surface area contributed by atoms with Gasteiger partial charge in [-0.25, -0.2) is 14.5 Å². The maximum absolute atomic E-state index is 4.06. The molecule has 4 nitrogen and oxygen atoms in total. The molecule has 10 heavy (non-hydrogen) atoms. The third kappa shape index (κ3) is 0.586. The van der Waals surface area contributed by atoms with Gasteiger partial charge in [-0.05, 0) is 6.92 Å². The summed E-state index contributed by atoms with van der Waals surface area (Å²) < 4.78 is 1.74. The van der Waals surface area contributed by atoms with Crippen molar-refractivity contribution in [3.8, 4) is 0 Å². The Kier molecular flexibility index (Phi) is 0.943. The molecular formula is C6H6N4. The zero-order valence-electron chi connectivity index (χ0n) is 5.52. The lowest BCUT2D eigenvalue weighted by Crippen LogP contribution is -1.92. The van der Waals surface area contributed by atoms with Gasteiger partial charge < -0.3 is 0 Å². The van der Waals surface area contributed by atoms with Gasteiger partial charge in [0.2, 0.25) is 0 Å². The van der Waals surface area contributed by atoms with Crippen molar-refractivity contribution in [3.63, 3.8) is 0 Å². The van der Waals surface area contributed by atoms with Crippen LogP contribution in [0.15, 0.2) is 18.7 Å². The Hall–Kier alpha value is -1.45. The van der Waals surface area contributed by atoms with Crippen molar-refractivity contribution >= 4 is 5.65 Å². The Morgan fingerprint density at radius 3 is 3.10 bits per heavy atom. The number of rotatable bonds is 0. The highest BCUT2D eigenvalue weighted by Crippen LogP contribution is 1.98. The molecule has 0 saturated carbocycles. The summed E-state index contributed by atoms with van der Waals surface area (Å²) in [5.74, 6) is 0. The van der Waals surface area contributed by atoms with Crippen molar-refractivity contribution in [1.29, 1.82) is 0 Å². The molecule has 2 heterocycles. The fourth-order valence-corrected chi connectivity index (χ4v) is 0.869. The standard InChI is InChI=1S/C6H6N4/c1-5-2-8-6-3-7-4-9-10(5)6/h2-4H,1H3. The number of fused-ring (bicyclic) bond motifs is 1. The van der Waals surface area contributed by atoms with E-state index in [1.54, 1.807) is 16.9 Å². The van der Waals surface area contributed by atoms with E-state index in [1.165, 1.54) is 6.33 Å². The van der Waals surface area contributed by atoms with Crippen LogP contribution in [-0.4, -0.2) is 19.6 Å². The summed E-state index contributed by atoms with van der Waals surface area (Å²) in [5.41, 5.74) is 1.82. The molecule has 0 amide bonds. The summed E-state index contributed by atoms with van der Waals surface area (Å²) in [5, 5.41) is 3.98. The molecule has 0 aromatic carbocycles. The predicted octanol–water partition coefficient (Wildman–Crippen LogP) is 0.433. The van der Waals surface area contributed by atoms with E-state index in [9.17, 15) is 0 Å². The first-order valence-electron chi connectivity index (χ1n) is 2.98. The molecule has 4 heteroatoms. The fraction of sp³-hybridized carbons (Fsp3) is 0.167. The topological polar surface area (TPSA) is 43.1 Å². The molecule has 0 radical (unpaired) electrons. The summed E-state index contributed by atoms with van der Waals surface area (Å²) in [6.45, 7) is 1.95. The van der Waals surface area contributed by atoms with Crippen LogP contribution in [0, 0.1) is 6.92 Å². The Labute approximate surface area is 57.5 Å². The van der Waals surface area contributed by atoms with Crippen LogP contribution >= 0.6 is 0 Å². The Morgan fingerprint density at radius 1 is 1.40 bits per heavy atom. The molecule has 50 valence electrons. The van der Waals surface area contributed by atoms with E-state index in [0.717, 1.165) is 11.3 Å². The van der Waals surface area contributed by atoms with Gasteiger partial charge in [0, 0.05) is 0 Å². The summed E-state index contributed by atoms with van der Waals surface area (Å²) in [7, 11) is 0. The first kappa shape index (κ1) is 5.34. The second kappa shape index (κ2) is 1.76. The van der Waals surface area contributed by atoms with Crippen LogP contribution in [0.2, 0.25) is 0 Å². The van der Waals surface area contributed by atoms with Gasteiger partial charge >= 0.3 is 0 Å². The number of aromatic nitrogens is 4. The lowest BCUT2D eigenvalue weighted by molar-refractivity contribution is 0.868. The van der Waals surface area contributed by atoms with Crippen LogP contribution in [0.4, 0.5) is 0 Å². The van der Waals surface area contributed by atoms with Gasteiger partial charge in [0.25, 0.3) is 0 Å². The quantitative estimate of drug-likeness (QED) is 0.524. The van der Waals surface area contributed by atoms with Gasteiger partial charge in [-0.1, -0.05) is 0 Å². The summed E-state index contributed by atoms with van der Waals surface area (Å²) >= 11 is 0. The molecule has 2 aromatic rings. The average Bonchev–Trinajstić information content (AvgIpc) is 2.34. The summed E-state index contributed by atoms with van der Waals surface area (Å²) in [4.78, 5) is 7.89. The minimum atomic E-state index is 0.792. The van der Waals surface area contributed by atoms with Crippen LogP contribution in [0.25, 0.3) is 5.65 Å². The average molecular weight is 134 g/mol. The monoisotopic (exact) mass is 134 g/mol. The Bertz CT molecular complexity index is 351. The molecule has 2 rings (SSSR count). The number of imidazole rings is 1. The molecule has 0 aliphatic rings. The van der Waals surface area contributed by atoms with Crippen LogP contribution in [0.5, 0.6) is 0 Å². The molecule has 0 aliphatic heterocycles. The van der Waals surface area contributed by atoms with Crippen molar-refractivity contribution in [2.24, 2.45) is 0 Å². The molecule has 0 N–H and O–H groups in total. The van der Waals surface area contributed by atoms with E-state index in [4.69, 9.17) is 0 Å². The van der Waals surface area contributed by atoms with E-state index in [2.05, 4.69) is 15.1 Å². The predicted molar refractivity (Wildman–Crippen MR) is 35.5 cm³/mol. The highest BCUT2D eigenvalue weighted by atomic mass is 15.3. The molecule has 0 fully saturated rings. The highest BCUT2D eigenvalue weighted by molar-refractivity contribution is 5.34. The van der Waals surface area contributed by atoms with E-state index < -0.39 is 0 Å². The van der Waals surface area contributed by atoms with Gasteiger partial charge in [-0.15, -0.1) is 0 Å². The number of nitrogens with zero attached hydrogens (tertiary/aromatic N) is 4. The minimum absolute atomic E-state index is 0.792. The lowest BCUT2D eigenvalue weighted by atomic mass is 10.6. The maximum Gasteiger partial charge on any atom is 0.172 e. The molecule has 0 unspecified atom stereocenters. The van der Waals surface area contributed by atoms with E-state index in [1.807, 2.05) is 6.92 Å². The van der Waals surface area contributed by atoms with Gasteiger partial charge in [0.15, 0.2) is 5.65 Å². The first-order chi connectivity index (χ1) is 4.88. The molecule has 0 atom stereocenters. The molecular weight excluding hydrogens is 128 g/mol. The van der Waals surface area contributed by atoms with E-state index in [-0.39, 0.29) is 0 Å². The number of hydrogen-bond donors (Lipinski definition) is 0. The summed E-state index contributed by atoms with van der Waals surface area (Å²) in [6.07, 6.45) is 4.95. The largest absolute Gasteiger partial charge is 0.239 e. The van der Waals surface area contributed by atoms with Gasteiger partial charge in [-0.3, -0.25) is 0 Å². The van der Waals surface area contributed by atoms with Crippen LogP contribution in [0.1, 0.15) is 5.69 Å².